The van der Waals surface area contributed by atoms with Gasteiger partial charge < -0.3 is 9.64 Å². The van der Waals surface area contributed by atoms with Crippen LogP contribution in [0.2, 0.25) is 0 Å². The number of hydrogen-bond donors (Lipinski definition) is 0. The largest absolute Gasteiger partial charge is 0.371 e. The Morgan fingerprint density at radius 2 is 2.06 bits per heavy atom. The van der Waals surface area contributed by atoms with Crippen LogP contribution in [0, 0.1) is 0 Å². The van der Waals surface area contributed by atoms with E-state index in [1.165, 1.54) is 11.3 Å². The van der Waals surface area contributed by atoms with Crippen LogP contribution in [0.4, 0.5) is 0 Å². The predicted octanol–water partition coefficient (Wildman–Crippen LogP) is 4.12. The van der Waals surface area contributed by atoms with Crippen LogP contribution in [0.15, 0.2) is 54.7 Å². The summed E-state index contributed by atoms with van der Waals surface area (Å²) in [5.74, 6) is -0.00470. The van der Waals surface area contributed by atoms with Gasteiger partial charge in [0.05, 0.1) is 23.9 Å². The first-order chi connectivity index (χ1) is 15.1. The van der Waals surface area contributed by atoms with E-state index in [2.05, 4.69) is 28.1 Å². The molecule has 7 heteroatoms. The van der Waals surface area contributed by atoms with Gasteiger partial charge in [-0.2, -0.15) is 0 Å². The minimum Gasteiger partial charge on any atom is -0.371 e. The van der Waals surface area contributed by atoms with Crippen molar-refractivity contribution in [2.45, 2.75) is 12.6 Å². The molecule has 0 radical (unpaired) electrons. The quantitative estimate of drug-likeness (QED) is 0.486. The van der Waals surface area contributed by atoms with Crippen LogP contribution in [-0.4, -0.2) is 59.5 Å². The zero-order valence-corrected chi connectivity index (χ0v) is 18.4. The molecule has 0 spiro atoms. The average Bonchev–Trinajstić information content (AvgIpc) is 3.18. The normalized spacial score (nSPS) is 17.3. The zero-order chi connectivity index (χ0) is 21.4. The lowest BCUT2D eigenvalue weighted by molar-refractivity contribution is -0.0327. The number of pyridine rings is 2. The number of hydrogen-bond acceptors (Lipinski definition) is 6. The number of rotatable bonds is 4. The van der Waals surface area contributed by atoms with Crippen LogP contribution < -0.4 is 0 Å². The van der Waals surface area contributed by atoms with Crippen molar-refractivity contribution in [3.8, 4) is 0 Å². The third-order valence-electron chi connectivity index (χ3n) is 5.62. The first-order valence-corrected chi connectivity index (χ1v) is 11.2. The van der Waals surface area contributed by atoms with Crippen molar-refractivity contribution >= 4 is 38.4 Å². The molecule has 0 aliphatic carbocycles. The Morgan fingerprint density at radius 3 is 2.94 bits per heavy atom. The number of fused-ring (bicyclic) bond motifs is 2. The van der Waals surface area contributed by atoms with Crippen LogP contribution in [0.25, 0.3) is 21.1 Å². The summed E-state index contributed by atoms with van der Waals surface area (Å²) >= 11 is 1.45. The lowest BCUT2D eigenvalue weighted by atomic mass is 10.0. The Hall–Kier alpha value is -2.87. The van der Waals surface area contributed by atoms with Gasteiger partial charge in [0.25, 0.3) is 5.91 Å². The molecule has 31 heavy (non-hydrogen) atoms. The highest BCUT2D eigenvalue weighted by atomic mass is 32.1. The number of morpholine rings is 1. The van der Waals surface area contributed by atoms with E-state index >= 15 is 0 Å². The summed E-state index contributed by atoms with van der Waals surface area (Å²) in [6.07, 6.45) is 1.59. The Kier molecular flexibility index (Phi) is 5.40. The van der Waals surface area contributed by atoms with Crippen LogP contribution in [-0.2, 0) is 11.3 Å². The molecule has 5 rings (SSSR count). The number of aromatic nitrogens is 2. The second-order valence-electron chi connectivity index (χ2n) is 7.99. The van der Waals surface area contributed by atoms with Crippen molar-refractivity contribution in [1.29, 1.82) is 0 Å². The maximum absolute atomic E-state index is 12.9. The highest BCUT2D eigenvalue weighted by Gasteiger charge is 2.30. The van der Waals surface area contributed by atoms with Crippen molar-refractivity contribution in [2.75, 3.05) is 33.8 Å². The van der Waals surface area contributed by atoms with E-state index in [1.54, 1.807) is 25.2 Å². The van der Waals surface area contributed by atoms with Crippen LogP contribution in [0.1, 0.15) is 27.0 Å². The van der Waals surface area contributed by atoms with Gasteiger partial charge in [-0.1, -0.05) is 30.3 Å². The van der Waals surface area contributed by atoms with Gasteiger partial charge in [0, 0.05) is 56.3 Å². The van der Waals surface area contributed by atoms with E-state index < -0.39 is 0 Å². The first kappa shape index (κ1) is 20.1. The number of nitrogens with zero attached hydrogens (tertiary/aromatic N) is 4. The molecule has 0 bridgehead atoms. The van der Waals surface area contributed by atoms with Gasteiger partial charge >= 0.3 is 0 Å². The van der Waals surface area contributed by atoms with E-state index in [0.29, 0.717) is 13.2 Å². The van der Waals surface area contributed by atoms with E-state index in [-0.39, 0.29) is 12.0 Å². The second kappa shape index (κ2) is 8.34. The summed E-state index contributed by atoms with van der Waals surface area (Å²) < 4.78 is 6.19. The number of amides is 1. The Morgan fingerprint density at radius 1 is 1.19 bits per heavy atom. The monoisotopic (exact) mass is 432 g/mol. The molecule has 1 aromatic carbocycles. The molecule has 4 aromatic rings. The van der Waals surface area contributed by atoms with E-state index in [0.717, 1.165) is 50.3 Å². The minimum absolute atomic E-state index is 0.00470. The molecule has 6 nitrogen and oxygen atoms in total. The maximum atomic E-state index is 12.9. The number of carbonyl (C=O) groups is 1. The van der Waals surface area contributed by atoms with Crippen LogP contribution >= 0.6 is 11.3 Å². The van der Waals surface area contributed by atoms with Gasteiger partial charge in [-0.25, -0.2) is 4.98 Å². The fourth-order valence-corrected chi connectivity index (χ4v) is 5.30. The lowest BCUT2D eigenvalue weighted by Gasteiger charge is -2.33. The van der Waals surface area contributed by atoms with Crippen molar-refractivity contribution in [3.05, 3.63) is 70.9 Å². The van der Waals surface area contributed by atoms with Gasteiger partial charge in [-0.05, 0) is 18.2 Å². The Bertz CT molecular complexity index is 1250. The first-order valence-electron chi connectivity index (χ1n) is 10.4. The standard InChI is InChI=1S/C24H24N4O2S/c1-27(2)24(29)22-21(18-7-5-11-25-23(18)31-22)20-15-28(12-13-30-20)14-17-10-9-16-6-3-4-8-19(16)26-17/h3-11,20H,12-15H2,1-2H3/t20-/m0/s1. The SMILES string of the molecule is CN(C)C(=O)c1sc2ncccc2c1[C@@H]1CN(Cc2ccc3ccccc3n2)CCO1. The molecule has 1 saturated heterocycles. The zero-order valence-electron chi connectivity index (χ0n) is 17.6. The Labute approximate surface area is 185 Å². The molecule has 1 fully saturated rings. The molecular weight excluding hydrogens is 408 g/mol. The number of para-hydroxylation sites is 1. The summed E-state index contributed by atoms with van der Waals surface area (Å²) in [6.45, 7) is 2.92. The molecule has 0 N–H and O–H groups in total. The molecule has 0 saturated carbocycles. The van der Waals surface area contributed by atoms with Crippen molar-refractivity contribution in [2.24, 2.45) is 0 Å². The summed E-state index contributed by atoms with van der Waals surface area (Å²) in [7, 11) is 3.56. The predicted molar refractivity (Wildman–Crippen MR) is 123 cm³/mol. The molecule has 1 amide bonds. The number of benzene rings is 1. The minimum atomic E-state index is -0.175. The third-order valence-corrected chi connectivity index (χ3v) is 6.74. The molecule has 1 aliphatic heterocycles. The van der Waals surface area contributed by atoms with Gasteiger partial charge in [-0.3, -0.25) is 14.7 Å². The molecule has 158 valence electrons. The van der Waals surface area contributed by atoms with Crippen molar-refractivity contribution < 1.29 is 9.53 Å². The molecule has 3 aromatic heterocycles. The number of ether oxygens (including phenoxy) is 1. The fraction of sp³-hybridized carbons (Fsp3) is 0.292. The number of thiophene rings is 1. The van der Waals surface area contributed by atoms with Crippen molar-refractivity contribution in [3.63, 3.8) is 0 Å². The molecular formula is C24H24N4O2S. The highest BCUT2D eigenvalue weighted by molar-refractivity contribution is 7.20. The molecule has 4 heterocycles. The van der Waals surface area contributed by atoms with Crippen LogP contribution in [0.3, 0.4) is 0 Å². The fourth-order valence-electron chi connectivity index (χ4n) is 4.08. The lowest BCUT2D eigenvalue weighted by Crippen LogP contribution is -2.38. The molecule has 1 atom stereocenters. The molecule has 1 aliphatic rings. The smallest absolute Gasteiger partial charge is 0.263 e. The summed E-state index contributed by atoms with van der Waals surface area (Å²) in [6, 6.07) is 16.3. The van der Waals surface area contributed by atoms with Gasteiger partial charge in [0.15, 0.2) is 0 Å². The number of carbonyl (C=O) groups excluding carboxylic acids is 1. The maximum Gasteiger partial charge on any atom is 0.263 e. The van der Waals surface area contributed by atoms with Gasteiger partial charge in [-0.15, -0.1) is 11.3 Å². The van der Waals surface area contributed by atoms with E-state index in [4.69, 9.17) is 9.72 Å². The van der Waals surface area contributed by atoms with Gasteiger partial charge in [0.1, 0.15) is 9.71 Å². The third kappa shape index (κ3) is 3.92. The molecule has 0 unspecified atom stereocenters. The average molecular weight is 433 g/mol. The van der Waals surface area contributed by atoms with Crippen LogP contribution in [0.5, 0.6) is 0 Å². The summed E-state index contributed by atoms with van der Waals surface area (Å²) in [5.41, 5.74) is 3.02. The highest BCUT2D eigenvalue weighted by Crippen LogP contribution is 2.38. The van der Waals surface area contributed by atoms with Gasteiger partial charge in [0.2, 0.25) is 0 Å². The second-order valence-corrected chi connectivity index (χ2v) is 8.99. The summed E-state index contributed by atoms with van der Waals surface area (Å²) in [4.78, 5) is 27.8. The van der Waals surface area contributed by atoms with E-state index in [1.807, 2.05) is 30.3 Å². The van der Waals surface area contributed by atoms with E-state index in [9.17, 15) is 4.79 Å². The van der Waals surface area contributed by atoms with Crippen molar-refractivity contribution in [1.82, 2.24) is 19.8 Å². The topological polar surface area (TPSA) is 58.6 Å². The summed E-state index contributed by atoms with van der Waals surface area (Å²) in [5, 5.41) is 2.16. The Balaban J connectivity index is 1.44.